The Balaban J connectivity index is 2.38. The van der Waals surface area contributed by atoms with Crippen LogP contribution in [0.1, 0.15) is 5.56 Å². The van der Waals surface area contributed by atoms with Crippen LogP contribution in [0, 0.1) is 9.39 Å². The second-order valence-electron chi connectivity index (χ2n) is 3.54. The number of hydrogen-bond donors (Lipinski definition) is 1. The molecule has 0 bridgehead atoms. The molecular weight excluding hydrogens is 377 g/mol. The summed E-state index contributed by atoms with van der Waals surface area (Å²) in [6, 6.07) is 2.15. The van der Waals surface area contributed by atoms with E-state index in [1.165, 1.54) is 12.5 Å². The van der Waals surface area contributed by atoms with Crippen LogP contribution < -0.4 is 5.32 Å². The molecule has 0 amide bonds. The van der Waals surface area contributed by atoms with E-state index in [0.717, 1.165) is 6.07 Å². The average Bonchev–Trinajstić information content (AvgIpc) is 2.33. The highest BCUT2D eigenvalue weighted by atomic mass is 127. The van der Waals surface area contributed by atoms with E-state index >= 15 is 0 Å². The Morgan fingerprint density at radius 2 is 1.95 bits per heavy atom. The smallest absolute Gasteiger partial charge is 0.337 e. The molecule has 0 aliphatic carbocycles. The Labute approximate surface area is 119 Å². The molecule has 0 saturated heterocycles. The van der Waals surface area contributed by atoms with Crippen molar-refractivity contribution in [1.29, 1.82) is 0 Å². The van der Waals surface area contributed by atoms with Crippen molar-refractivity contribution in [2.45, 2.75) is 6.18 Å². The van der Waals surface area contributed by atoms with Crippen molar-refractivity contribution in [3.8, 4) is 0 Å². The lowest BCUT2D eigenvalue weighted by atomic mass is 10.2. The molecule has 19 heavy (non-hydrogen) atoms. The van der Waals surface area contributed by atoms with Gasteiger partial charge in [-0.25, -0.2) is 14.4 Å². The highest BCUT2D eigenvalue weighted by molar-refractivity contribution is 14.1. The normalized spacial score (nSPS) is 11.4. The zero-order valence-electron chi connectivity index (χ0n) is 9.17. The first-order valence-electron chi connectivity index (χ1n) is 4.97. The Kier molecular flexibility index (Phi) is 3.88. The number of benzene rings is 1. The molecule has 1 N–H and O–H groups in total. The number of rotatable bonds is 2. The summed E-state index contributed by atoms with van der Waals surface area (Å²) in [5.41, 5.74) is -1.22. The van der Waals surface area contributed by atoms with Crippen LogP contribution in [-0.4, -0.2) is 9.97 Å². The summed E-state index contributed by atoms with van der Waals surface area (Å²) in [6.07, 6.45) is -1.85. The molecule has 0 aliphatic rings. The first-order chi connectivity index (χ1) is 8.88. The van der Waals surface area contributed by atoms with E-state index in [0.29, 0.717) is 15.7 Å². The molecule has 2 aromatic rings. The van der Waals surface area contributed by atoms with Crippen LogP contribution in [-0.2, 0) is 6.18 Å². The lowest BCUT2D eigenvalue weighted by molar-refractivity contribution is -0.137. The van der Waals surface area contributed by atoms with E-state index in [1.807, 2.05) is 22.6 Å². The maximum absolute atomic E-state index is 13.5. The van der Waals surface area contributed by atoms with E-state index in [9.17, 15) is 17.6 Å². The SMILES string of the molecule is Fc1ccc(C(F)(F)F)cc1Nc1ncncc1I. The monoisotopic (exact) mass is 383 g/mol. The third-order valence-electron chi connectivity index (χ3n) is 2.21. The molecule has 0 unspecified atom stereocenters. The standard InChI is InChI=1S/C11H6F4IN3/c12-7-2-1-6(11(13,14)15)3-9(7)19-10-8(16)4-17-5-18-10/h1-5H,(H,17,18,19). The molecule has 0 atom stereocenters. The molecule has 0 radical (unpaired) electrons. The molecule has 8 heteroatoms. The van der Waals surface area contributed by atoms with Gasteiger partial charge in [0.2, 0.25) is 0 Å². The van der Waals surface area contributed by atoms with Crippen molar-refractivity contribution in [3.05, 3.63) is 45.7 Å². The van der Waals surface area contributed by atoms with Gasteiger partial charge in [-0.15, -0.1) is 0 Å². The molecular formula is C11H6F4IN3. The van der Waals surface area contributed by atoms with Gasteiger partial charge in [-0.3, -0.25) is 0 Å². The topological polar surface area (TPSA) is 37.8 Å². The van der Waals surface area contributed by atoms with Gasteiger partial charge in [0.05, 0.1) is 14.8 Å². The van der Waals surface area contributed by atoms with Gasteiger partial charge in [0, 0.05) is 6.20 Å². The number of nitrogens with zero attached hydrogens (tertiary/aromatic N) is 2. The maximum atomic E-state index is 13.5. The molecule has 2 rings (SSSR count). The van der Waals surface area contributed by atoms with Gasteiger partial charge >= 0.3 is 6.18 Å². The molecule has 0 saturated carbocycles. The minimum Gasteiger partial charge on any atom is -0.337 e. The zero-order valence-corrected chi connectivity index (χ0v) is 11.3. The van der Waals surface area contributed by atoms with Crippen LogP contribution in [0.25, 0.3) is 0 Å². The fraction of sp³-hybridized carbons (Fsp3) is 0.0909. The van der Waals surface area contributed by atoms with Crippen molar-refractivity contribution in [1.82, 2.24) is 9.97 Å². The maximum Gasteiger partial charge on any atom is 0.416 e. The van der Waals surface area contributed by atoms with Gasteiger partial charge in [-0.2, -0.15) is 13.2 Å². The molecule has 1 heterocycles. The summed E-state index contributed by atoms with van der Waals surface area (Å²) < 4.78 is 51.7. The number of nitrogens with one attached hydrogen (secondary N) is 1. The fourth-order valence-corrected chi connectivity index (χ4v) is 1.76. The summed E-state index contributed by atoms with van der Waals surface area (Å²) in [7, 11) is 0. The van der Waals surface area contributed by atoms with Gasteiger partial charge in [-0.1, -0.05) is 0 Å². The van der Waals surface area contributed by atoms with Crippen molar-refractivity contribution in [3.63, 3.8) is 0 Å². The Bertz CT molecular complexity index is 601. The Morgan fingerprint density at radius 3 is 2.58 bits per heavy atom. The van der Waals surface area contributed by atoms with Crippen molar-refractivity contribution in [2.24, 2.45) is 0 Å². The molecule has 1 aromatic heterocycles. The second kappa shape index (κ2) is 5.27. The van der Waals surface area contributed by atoms with Crippen LogP contribution in [0.3, 0.4) is 0 Å². The number of aromatic nitrogens is 2. The fourth-order valence-electron chi connectivity index (χ4n) is 1.33. The largest absolute Gasteiger partial charge is 0.416 e. The summed E-state index contributed by atoms with van der Waals surface area (Å²) in [5.74, 6) is -0.545. The van der Waals surface area contributed by atoms with Crippen LogP contribution >= 0.6 is 22.6 Å². The van der Waals surface area contributed by atoms with Gasteiger partial charge in [0.1, 0.15) is 18.0 Å². The predicted octanol–water partition coefficient (Wildman–Crippen LogP) is 3.98. The van der Waals surface area contributed by atoms with Crippen LogP contribution in [0.2, 0.25) is 0 Å². The molecule has 1 aromatic carbocycles. The van der Waals surface area contributed by atoms with Crippen LogP contribution in [0.4, 0.5) is 29.1 Å². The first kappa shape index (κ1) is 14.0. The number of alkyl halides is 3. The van der Waals surface area contributed by atoms with E-state index < -0.39 is 17.6 Å². The molecule has 0 spiro atoms. The van der Waals surface area contributed by atoms with E-state index in [-0.39, 0.29) is 11.5 Å². The quantitative estimate of drug-likeness (QED) is 0.630. The van der Waals surface area contributed by atoms with Crippen molar-refractivity contribution in [2.75, 3.05) is 5.32 Å². The number of anilines is 2. The Hall–Kier alpha value is -1.45. The minimum atomic E-state index is -4.52. The lowest BCUT2D eigenvalue weighted by Crippen LogP contribution is -2.07. The molecule has 3 nitrogen and oxygen atoms in total. The number of halogens is 5. The highest BCUT2D eigenvalue weighted by Crippen LogP contribution is 2.32. The van der Waals surface area contributed by atoms with E-state index in [2.05, 4.69) is 15.3 Å². The van der Waals surface area contributed by atoms with Gasteiger partial charge in [0.25, 0.3) is 0 Å². The summed E-state index contributed by atoms with van der Waals surface area (Å²) >= 11 is 1.89. The van der Waals surface area contributed by atoms with Crippen molar-refractivity contribution >= 4 is 34.1 Å². The minimum absolute atomic E-state index is 0.244. The summed E-state index contributed by atoms with van der Waals surface area (Å²) in [5, 5.41) is 2.52. The lowest BCUT2D eigenvalue weighted by Gasteiger charge is -2.11. The third-order valence-corrected chi connectivity index (χ3v) is 3.00. The second-order valence-corrected chi connectivity index (χ2v) is 4.70. The van der Waals surface area contributed by atoms with Gasteiger partial charge in [-0.05, 0) is 40.8 Å². The predicted molar refractivity (Wildman–Crippen MR) is 69.4 cm³/mol. The molecule has 100 valence electrons. The third kappa shape index (κ3) is 3.31. The van der Waals surface area contributed by atoms with Gasteiger partial charge in [0.15, 0.2) is 0 Å². The molecule has 0 fully saturated rings. The van der Waals surface area contributed by atoms with Gasteiger partial charge < -0.3 is 5.32 Å². The Morgan fingerprint density at radius 1 is 1.21 bits per heavy atom. The summed E-state index contributed by atoms with van der Waals surface area (Å²) in [4.78, 5) is 7.56. The zero-order chi connectivity index (χ0) is 14.0. The summed E-state index contributed by atoms with van der Waals surface area (Å²) in [6.45, 7) is 0. The highest BCUT2D eigenvalue weighted by Gasteiger charge is 2.31. The van der Waals surface area contributed by atoms with Crippen LogP contribution in [0.15, 0.2) is 30.7 Å². The van der Waals surface area contributed by atoms with Crippen LogP contribution in [0.5, 0.6) is 0 Å². The van der Waals surface area contributed by atoms with E-state index in [4.69, 9.17) is 0 Å². The molecule has 0 aliphatic heterocycles. The van der Waals surface area contributed by atoms with E-state index in [1.54, 1.807) is 0 Å². The average molecular weight is 383 g/mol. The first-order valence-corrected chi connectivity index (χ1v) is 6.05. The van der Waals surface area contributed by atoms with Crippen molar-refractivity contribution < 1.29 is 17.6 Å². The number of hydrogen-bond acceptors (Lipinski definition) is 3.